The molecule has 0 bridgehead atoms. The normalized spacial score (nSPS) is 10.6. The molecule has 0 unspecified atom stereocenters. The molecule has 0 aliphatic carbocycles. The summed E-state index contributed by atoms with van der Waals surface area (Å²) in [6.07, 6.45) is 1.64. The van der Waals surface area contributed by atoms with Gasteiger partial charge in [0.2, 0.25) is 11.8 Å². The predicted molar refractivity (Wildman–Crippen MR) is 117 cm³/mol. The molecule has 0 aliphatic rings. The first kappa shape index (κ1) is 19.4. The van der Waals surface area contributed by atoms with Crippen molar-refractivity contribution in [2.45, 2.75) is 13.8 Å². The monoisotopic (exact) mass is 399 g/mol. The number of carbonyl (C=O) groups is 1. The van der Waals surface area contributed by atoms with Gasteiger partial charge in [0.25, 0.3) is 0 Å². The summed E-state index contributed by atoms with van der Waals surface area (Å²) in [5.74, 6) is 1.20. The summed E-state index contributed by atoms with van der Waals surface area (Å²) in [7, 11) is 1.36. The van der Waals surface area contributed by atoms with Crippen LogP contribution in [0.5, 0.6) is 11.6 Å². The number of anilines is 2. The maximum absolute atomic E-state index is 11.7. The summed E-state index contributed by atoms with van der Waals surface area (Å²) in [5, 5.41) is 5.34. The molecule has 0 spiro atoms. The number of esters is 1. The van der Waals surface area contributed by atoms with E-state index in [0.717, 1.165) is 27.8 Å². The third-order valence-corrected chi connectivity index (χ3v) is 4.84. The molecule has 6 heteroatoms. The van der Waals surface area contributed by atoms with Crippen LogP contribution in [0.2, 0.25) is 0 Å². The largest absolute Gasteiger partial charge is 0.465 e. The molecule has 4 aromatic rings. The van der Waals surface area contributed by atoms with Crippen LogP contribution in [0.15, 0.2) is 66.9 Å². The van der Waals surface area contributed by atoms with Gasteiger partial charge < -0.3 is 14.8 Å². The third kappa shape index (κ3) is 3.93. The highest BCUT2D eigenvalue weighted by atomic mass is 16.5. The zero-order valence-electron chi connectivity index (χ0n) is 17.0. The minimum absolute atomic E-state index is 0.373. The van der Waals surface area contributed by atoms with E-state index < -0.39 is 0 Å². The number of rotatable bonds is 5. The van der Waals surface area contributed by atoms with Crippen molar-refractivity contribution < 1.29 is 14.3 Å². The molecule has 1 heterocycles. The Balaban J connectivity index is 1.59. The second-order valence-electron chi connectivity index (χ2n) is 6.89. The quantitative estimate of drug-likeness (QED) is 0.442. The number of fused-ring (bicyclic) bond motifs is 1. The number of benzene rings is 3. The highest BCUT2D eigenvalue weighted by Crippen LogP contribution is 2.31. The molecule has 30 heavy (non-hydrogen) atoms. The van der Waals surface area contributed by atoms with Crippen LogP contribution in [-0.2, 0) is 4.74 Å². The number of ether oxygens (including phenoxy) is 2. The van der Waals surface area contributed by atoms with E-state index in [2.05, 4.69) is 28.3 Å². The van der Waals surface area contributed by atoms with Crippen LogP contribution in [0.4, 0.5) is 11.6 Å². The molecule has 3 aromatic carbocycles. The number of nitrogens with zero attached hydrogens (tertiary/aromatic N) is 2. The Bertz CT molecular complexity index is 1240. The Labute approximate surface area is 174 Å². The molecule has 0 radical (unpaired) electrons. The van der Waals surface area contributed by atoms with E-state index in [1.165, 1.54) is 12.7 Å². The minimum Gasteiger partial charge on any atom is -0.465 e. The van der Waals surface area contributed by atoms with Crippen molar-refractivity contribution in [3.63, 3.8) is 0 Å². The predicted octanol–water partition coefficient (Wildman–Crippen LogP) is 5.57. The number of aryl methyl sites for hydroxylation is 2. The summed E-state index contributed by atoms with van der Waals surface area (Å²) in [6, 6.07) is 19.1. The van der Waals surface area contributed by atoms with E-state index in [-0.39, 0.29) is 5.97 Å². The fraction of sp³-hybridized carbons (Fsp3) is 0.125. The van der Waals surface area contributed by atoms with Crippen molar-refractivity contribution in [2.75, 3.05) is 12.4 Å². The van der Waals surface area contributed by atoms with Crippen LogP contribution < -0.4 is 10.1 Å². The number of methoxy groups -OCH3 is 1. The van der Waals surface area contributed by atoms with E-state index in [0.29, 0.717) is 17.4 Å². The molecule has 0 fully saturated rings. The van der Waals surface area contributed by atoms with Crippen molar-refractivity contribution in [1.29, 1.82) is 0 Å². The Morgan fingerprint density at radius 3 is 2.50 bits per heavy atom. The van der Waals surface area contributed by atoms with E-state index in [4.69, 9.17) is 9.47 Å². The van der Waals surface area contributed by atoms with Crippen molar-refractivity contribution in [3.8, 4) is 11.6 Å². The van der Waals surface area contributed by atoms with Gasteiger partial charge >= 0.3 is 5.97 Å². The van der Waals surface area contributed by atoms with Crippen LogP contribution in [0.1, 0.15) is 21.5 Å². The van der Waals surface area contributed by atoms with Gasteiger partial charge in [0, 0.05) is 23.3 Å². The topological polar surface area (TPSA) is 73.3 Å². The van der Waals surface area contributed by atoms with Gasteiger partial charge in [-0.2, -0.15) is 4.98 Å². The summed E-state index contributed by atoms with van der Waals surface area (Å²) in [5.41, 5.74) is 3.34. The molecule has 0 saturated heterocycles. The Kier molecular flexibility index (Phi) is 5.30. The molecule has 1 aromatic heterocycles. The van der Waals surface area contributed by atoms with Crippen LogP contribution in [0.3, 0.4) is 0 Å². The first-order valence-corrected chi connectivity index (χ1v) is 9.50. The second kappa shape index (κ2) is 8.21. The first-order chi connectivity index (χ1) is 14.5. The van der Waals surface area contributed by atoms with Gasteiger partial charge in [-0.25, -0.2) is 9.78 Å². The molecular formula is C24H21N3O3. The van der Waals surface area contributed by atoms with Gasteiger partial charge in [-0.15, -0.1) is 0 Å². The number of nitrogens with one attached hydrogen (secondary N) is 1. The molecule has 4 rings (SSSR count). The minimum atomic E-state index is -0.373. The van der Waals surface area contributed by atoms with E-state index in [9.17, 15) is 4.79 Å². The van der Waals surface area contributed by atoms with Crippen LogP contribution >= 0.6 is 0 Å². The number of hydrogen-bond donors (Lipinski definition) is 1. The van der Waals surface area contributed by atoms with Crippen molar-refractivity contribution in [1.82, 2.24) is 9.97 Å². The summed E-state index contributed by atoms with van der Waals surface area (Å²) in [6.45, 7) is 3.97. The molecule has 1 N–H and O–H groups in total. The standard InChI is InChI=1S/C24H21N3O3/c1-15-8-11-21(19-7-5-4-6-18(15)19)30-22-12-13-25-24(27-22)26-20-10-9-17(14-16(20)2)23(28)29-3/h4-14H,1-3H3,(H,25,26,27). The maximum atomic E-state index is 11.7. The Morgan fingerprint density at radius 2 is 1.73 bits per heavy atom. The Morgan fingerprint density at radius 1 is 0.933 bits per heavy atom. The summed E-state index contributed by atoms with van der Waals surface area (Å²) >= 11 is 0. The maximum Gasteiger partial charge on any atom is 0.337 e. The van der Waals surface area contributed by atoms with Gasteiger partial charge in [0.15, 0.2) is 0 Å². The summed E-state index contributed by atoms with van der Waals surface area (Å²) < 4.78 is 10.8. The lowest BCUT2D eigenvalue weighted by Gasteiger charge is -2.12. The number of aromatic nitrogens is 2. The lowest BCUT2D eigenvalue weighted by atomic mass is 10.1. The van der Waals surface area contributed by atoms with E-state index in [1.54, 1.807) is 30.5 Å². The van der Waals surface area contributed by atoms with Gasteiger partial charge in [-0.3, -0.25) is 0 Å². The average Bonchev–Trinajstić information content (AvgIpc) is 2.77. The van der Waals surface area contributed by atoms with Gasteiger partial charge in [-0.1, -0.05) is 30.3 Å². The molecule has 0 aliphatic heterocycles. The summed E-state index contributed by atoms with van der Waals surface area (Å²) in [4.78, 5) is 20.4. The molecule has 0 saturated carbocycles. The van der Waals surface area contributed by atoms with E-state index >= 15 is 0 Å². The smallest absolute Gasteiger partial charge is 0.337 e. The third-order valence-electron chi connectivity index (χ3n) is 4.84. The van der Waals surface area contributed by atoms with E-state index in [1.807, 2.05) is 37.3 Å². The fourth-order valence-corrected chi connectivity index (χ4v) is 3.25. The van der Waals surface area contributed by atoms with Crippen molar-refractivity contribution in [2.24, 2.45) is 0 Å². The van der Waals surface area contributed by atoms with Gasteiger partial charge in [0.1, 0.15) is 5.75 Å². The molecule has 6 nitrogen and oxygen atoms in total. The zero-order valence-corrected chi connectivity index (χ0v) is 17.0. The SMILES string of the molecule is COC(=O)c1ccc(Nc2nccc(Oc3ccc(C)c4ccccc34)n2)c(C)c1. The second-order valence-corrected chi connectivity index (χ2v) is 6.89. The van der Waals surface area contributed by atoms with Crippen molar-refractivity contribution in [3.05, 3.63) is 83.6 Å². The fourth-order valence-electron chi connectivity index (χ4n) is 3.25. The van der Waals surface area contributed by atoms with Gasteiger partial charge in [-0.05, 0) is 54.6 Å². The first-order valence-electron chi connectivity index (χ1n) is 9.50. The van der Waals surface area contributed by atoms with Crippen LogP contribution in [-0.4, -0.2) is 23.0 Å². The van der Waals surface area contributed by atoms with Crippen LogP contribution in [0.25, 0.3) is 10.8 Å². The zero-order chi connectivity index (χ0) is 21.1. The highest BCUT2D eigenvalue weighted by Gasteiger charge is 2.10. The molecule has 0 atom stereocenters. The van der Waals surface area contributed by atoms with Gasteiger partial charge in [0.05, 0.1) is 12.7 Å². The molecule has 0 amide bonds. The van der Waals surface area contributed by atoms with Crippen LogP contribution in [0, 0.1) is 13.8 Å². The number of carbonyl (C=O) groups excluding carboxylic acids is 1. The lowest BCUT2D eigenvalue weighted by Crippen LogP contribution is -2.04. The highest BCUT2D eigenvalue weighted by molar-refractivity contribution is 5.91. The molecular weight excluding hydrogens is 378 g/mol. The molecule has 150 valence electrons. The average molecular weight is 399 g/mol. The lowest BCUT2D eigenvalue weighted by molar-refractivity contribution is 0.0600. The van der Waals surface area contributed by atoms with Crippen molar-refractivity contribution >= 4 is 28.4 Å². The number of hydrogen-bond acceptors (Lipinski definition) is 6. The Hall–Kier alpha value is -3.93.